The monoisotopic (exact) mass is 385 g/mol. The largest absolute Gasteiger partial charge is 0.465 e. The quantitative estimate of drug-likeness (QED) is 0.714. The van der Waals surface area contributed by atoms with Crippen molar-refractivity contribution in [3.8, 4) is 0 Å². The summed E-state index contributed by atoms with van der Waals surface area (Å²) < 4.78 is 5.46. The molecule has 2 amide bonds. The summed E-state index contributed by atoms with van der Waals surface area (Å²) in [7, 11) is 0. The molecule has 0 aromatic carbocycles. The van der Waals surface area contributed by atoms with Gasteiger partial charge in [0.15, 0.2) is 5.65 Å². The van der Waals surface area contributed by atoms with Gasteiger partial charge in [-0.25, -0.2) is 9.78 Å². The average molecular weight is 385 g/mol. The van der Waals surface area contributed by atoms with Gasteiger partial charge in [0.2, 0.25) is 0 Å². The highest BCUT2D eigenvalue weighted by molar-refractivity contribution is 5.96. The standard InChI is InChI=1S/C19H23N5O4/c1-18(9-28-10-18)19-8-24(17(26)27)7-14(19)13(19)2-3-20-16(25)12-4-11-6-22-23-15(11)21-5-12/h4-6,13-14H,2-3,7-10H2,1H3,(H,20,25)(H,26,27)(H,21,22,23). The van der Waals surface area contributed by atoms with Crippen molar-refractivity contribution >= 4 is 23.0 Å². The number of pyridine rings is 1. The molecule has 0 radical (unpaired) electrons. The first-order valence-electron chi connectivity index (χ1n) is 9.57. The summed E-state index contributed by atoms with van der Waals surface area (Å²) in [6.07, 6.45) is 3.19. The number of nitrogens with one attached hydrogen (secondary N) is 2. The number of hydrogen-bond acceptors (Lipinski definition) is 5. The number of aromatic amines is 1. The predicted octanol–water partition coefficient (Wildman–Crippen LogP) is 1.34. The SMILES string of the molecule is CC1(C23CN(C(=O)O)CC2C3CCNC(=O)c2cnc3[nH]ncc3c2)COC1. The number of carboxylic acid groups (broad SMARTS) is 1. The fraction of sp³-hybridized carbons (Fsp3) is 0.579. The van der Waals surface area contributed by atoms with E-state index in [1.807, 2.05) is 0 Å². The van der Waals surface area contributed by atoms with E-state index in [9.17, 15) is 14.7 Å². The number of rotatable bonds is 5. The van der Waals surface area contributed by atoms with Crippen molar-refractivity contribution in [2.75, 3.05) is 32.8 Å². The number of ether oxygens (including phenoxy) is 1. The predicted molar refractivity (Wildman–Crippen MR) is 98.8 cm³/mol. The van der Waals surface area contributed by atoms with Gasteiger partial charge >= 0.3 is 6.09 Å². The van der Waals surface area contributed by atoms with Crippen molar-refractivity contribution in [2.45, 2.75) is 13.3 Å². The summed E-state index contributed by atoms with van der Waals surface area (Å²) in [5.41, 5.74) is 1.19. The van der Waals surface area contributed by atoms with Gasteiger partial charge in [0, 0.05) is 42.0 Å². The number of likely N-dealkylation sites (tertiary alicyclic amines) is 1. The Morgan fingerprint density at radius 2 is 2.25 bits per heavy atom. The molecular formula is C19H23N5O4. The van der Waals surface area contributed by atoms with Gasteiger partial charge in [0.25, 0.3) is 5.91 Å². The molecule has 0 spiro atoms. The second-order valence-corrected chi connectivity index (χ2v) is 8.55. The van der Waals surface area contributed by atoms with Crippen molar-refractivity contribution < 1.29 is 19.4 Å². The Bertz CT molecular complexity index is 955. The molecule has 2 aromatic heterocycles. The molecule has 4 heterocycles. The number of H-pyrrole nitrogens is 1. The summed E-state index contributed by atoms with van der Waals surface area (Å²) in [5.74, 6) is 0.630. The molecule has 2 aliphatic heterocycles. The topological polar surface area (TPSA) is 120 Å². The molecule has 3 fully saturated rings. The molecule has 1 aliphatic carbocycles. The number of fused-ring (bicyclic) bond motifs is 2. The zero-order valence-electron chi connectivity index (χ0n) is 15.6. The first-order chi connectivity index (χ1) is 13.4. The molecule has 0 bridgehead atoms. The Hall–Kier alpha value is -2.68. The highest BCUT2D eigenvalue weighted by atomic mass is 16.5. The summed E-state index contributed by atoms with van der Waals surface area (Å²) in [6.45, 7) is 5.32. The molecule has 3 unspecified atom stereocenters. The van der Waals surface area contributed by atoms with E-state index in [-0.39, 0.29) is 16.7 Å². The maximum absolute atomic E-state index is 12.5. The molecule has 2 aromatic rings. The second-order valence-electron chi connectivity index (χ2n) is 8.55. The molecule has 9 nitrogen and oxygen atoms in total. The average Bonchev–Trinajstić information content (AvgIpc) is 3.03. The molecule has 9 heteroatoms. The number of piperidine rings is 1. The Morgan fingerprint density at radius 1 is 1.43 bits per heavy atom. The van der Waals surface area contributed by atoms with E-state index in [2.05, 4.69) is 27.4 Å². The third-order valence-corrected chi connectivity index (χ3v) is 7.10. The van der Waals surface area contributed by atoms with Crippen LogP contribution in [0.25, 0.3) is 11.0 Å². The van der Waals surface area contributed by atoms with E-state index >= 15 is 0 Å². The lowest BCUT2D eigenvalue weighted by Gasteiger charge is -2.46. The van der Waals surface area contributed by atoms with Gasteiger partial charge < -0.3 is 20.1 Å². The maximum atomic E-state index is 12.5. The normalized spacial score (nSPS) is 30.0. The summed E-state index contributed by atoms with van der Waals surface area (Å²) in [4.78, 5) is 29.6. The Kier molecular flexibility index (Phi) is 3.67. The van der Waals surface area contributed by atoms with Crippen LogP contribution in [0.15, 0.2) is 18.5 Å². The molecular weight excluding hydrogens is 362 g/mol. The van der Waals surface area contributed by atoms with Crippen molar-refractivity contribution in [3.05, 3.63) is 24.0 Å². The van der Waals surface area contributed by atoms with Crippen molar-refractivity contribution in [1.29, 1.82) is 0 Å². The minimum absolute atomic E-state index is 0.00831. The van der Waals surface area contributed by atoms with E-state index in [4.69, 9.17) is 4.74 Å². The van der Waals surface area contributed by atoms with Crippen LogP contribution in [0.2, 0.25) is 0 Å². The van der Waals surface area contributed by atoms with Crippen LogP contribution in [0.3, 0.4) is 0 Å². The third kappa shape index (κ3) is 2.35. The lowest BCUT2D eigenvalue weighted by Crippen LogP contribution is -2.51. The van der Waals surface area contributed by atoms with Gasteiger partial charge in [-0.05, 0) is 24.3 Å². The van der Waals surface area contributed by atoms with Gasteiger partial charge in [-0.3, -0.25) is 9.89 Å². The number of hydrogen-bond donors (Lipinski definition) is 3. The van der Waals surface area contributed by atoms with Crippen molar-refractivity contribution in [1.82, 2.24) is 25.4 Å². The molecule has 2 saturated heterocycles. The van der Waals surface area contributed by atoms with Crippen LogP contribution in [0.5, 0.6) is 0 Å². The zero-order chi connectivity index (χ0) is 19.5. The number of carbonyl (C=O) groups excluding carboxylic acids is 1. The van der Waals surface area contributed by atoms with Gasteiger partial charge in [0.1, 0.15) is 0 Å². The molecule has 28 heavy (non-hydrogen) atoms. The first-order valence-corrected chi connectivity index (χ1v) is 9.57. The number of amides is 2. The third-order valence-electron chi connectivity index (χ3n) is 7.10. The number of nitrogens with zero attached hydrogens (tertiary/aromatic N) is 3. The Balaban J connectivity index is 1.22. The van der Waals surface area contributed by atoms with E-state index in [1.165, 1.54) is 4.90 Å². The van der Waals surface area contributed by atoms with E-state index < -0.39 is 6.09 Å². The van der Waals surface area contributed by atoms with E-state index in [0.717, 1.165) is 11.8 Å². The molecule has 148 valence electrons. The zero-order valence-corrected chi connectivity index (χ0v) is 15.6. The summed E-state index contributed by atoms with van der Waals surface area (Å²) >= 11 is 0. The molecule has 3 atom stereocenters. The van der Waals surface area contributed by atoms with Crippen LogP contribution in [0.4, 0.5) is 4.79 Å². The first kappa shape index (κ1) is 17.4. The van der Waals surface area contributed by atoms with Gasteiger partial charge in [-0.15, -0.1) is 0 Å². The fourth-order valence-corrected chi connectivity index (χ4v) is 5.52. The summed E-state index contributed by atoms with van der Waals surface area (Å²) in [6, 6.07) is 1.77. The highest BCUT2D eigenvalue weighted by Crippen LogP contribution is 2.74. The Morgan fingerprint density at radius 3 is 2.96 bits per heavy atom. The lowest BCUT2D eigenvalue weighted by molar-refractivity contribution is -0.148. The van der Waals surface area contributed by atoms with Crippen LogP contribution in [-0.4, -0.2) is 70.0 Å². The van der Waals surface area contributed by atoms with Crippen LogP contribution in [0, 0.1) is 22.7 Å². The molecule has 3 aliphatic rings. The minimum Gasteiger partial charge on any atom is -0.465 e. The molecule has 5 rings (SSSR count). The van der Waals surface area contributed by atoms with Crippen LogP contribution in [0.1, 0.15) is 23.7 Å². The molecule has 3 N–H and O–H groups in total. The van der Waals surface area contributed by atoms with Crippen LogP contribution >= 0.6 is 0 Å². The Labute approximate surface area is 161 Å². The van der Waals surface area contributed by atoms with Crippen LogP contribution in [-0.2, 0) is 4.74 Å². The van der Waals surface area contributed by atoms with Gasteiger partial charge in [0.05, 0.1) is 25.0 Å². The number of aromatic nitrogens is 3. The van der Waals surface area contributed by atoms with Crippen LogP contribution < -0.4 is 5.32 Å². The maximum Gasteiger partial charge on any atom is 0.407 e. The highest BCUT2D eigenvalue weighted by Gasteiger charge is 2.77. The minimum atomic E-state index is -0.843. The molecule has 1 saturated carbocycles. The van der Waals surface area contributed by atoms with E-state index in [1.54, 1.807) is 18.5 Å². The van der Waals surface area contributed by atoms with E-state index in [0.29, 0.717) is 55.9 Å². The van der Waals surface area contributed by atoms with Gasteiger partial charge in [-0.1, -0.05) is 6.92 Å². The second kappa shape index (κ2) is 5.91. The van der Waals surface area contributed by atoms with Gasteiger partial charge in [-0.2, -0.15) is 5.10 Å². The summed E-state index contributed by atoms with van der Waals surface area (Å²) in [5, 5.41) is 19.8. The lowest BCUT2D eigenvalue weighted by atomic mass is 9.70. The number of carbonyl (C=O) groups is 2. The fourth-order valence-electron chi connectivity index (χ4n) is 5.52. The smallest absolute Gasteiger partial charge is 0.407 e. The van der Waals surface area contributed by atoms with Crippen molar-refractivity contribution in [3.63, 3.8) is 0 Å². The van der Waals surface area contributed by atoms with Crippen molar-refractivity contribution in [2.24, 2.45) is 22.7 Å².